The molecule has 0 spiro atoms. The molecule has 1 aromatic carbocycles. The number of halogens is 1. The average Bonchev–Trinajstić information content (AvgIpc) is 2.24. The fraction of sp³-hybridized carbons (Fsp3) is 0.417. The van der Waals surface area contributed by atoms with Gasteiger partial charge in [0.15, 0.2) is 11.6 Å². The lowest BCUT2D eigenvalue weighted by Crippen LogP contribution is -2.27. The highest BCUT2D eigenvalue weighted by molar-refractivity contribution is 5.33. The maximum absolute atomic E-state index is 13.0. The molecule has 86 valence electrons. The van der Waals surface area contributed by atoms with E-state index in [0.29, 0.717) is 18.7 Å². The highest BCUT2D eigenvalue weighted by Gasteiger charge is 2.16. The Morgan fingerprint density at radius 3 is 2.81 bits per heavy atom. The van der Waals surface area contributed by atoms with Crippen LogP contribution in [0, 0.1) is 22.6 Å². The Balaban J connectivity index is 2.57. The minimum absolute atomic E-state index is 0.329. The summed E-state index contributed by atoms with van der Waals surface area (Å²) in [6.07, 6.45) is 0. The van der Waals surface area contributed by atoms with E-state index in [1.54, 1.807) is 12.1 Å². The van der Waals surface area contributed by atoms with Crippen LogP contribution < -0.4 is 5.32 Å². The van der Waals surface area contributed by atoms with Crippen LogP contribution in [0.1, 0.15) is 19.4 Å². The Morgan fingerprint density at radius 1 is 1.50 bits per heavy atom. The summed E-state index contributed by atoms with van der Waals surface area (Å²) in [6.45, 7) is 4.45. The van der Waals surface area contributed by atoms with Crippen LogP contribution in [0.5, 0.6) is 5.75 Å². The molecule has 0 saturated carbocycles. The molecule has 3 nitrogen and oxygen atoms in total. The van der Waals surface area contributed by atoms with Gasteiger partial charge in [-0.1, -0.05) is 12.1 Å². The lowest BCUT2D eigenvalue weighted by atomic mass is 9.96. The minimum Gasteiger partial charge on any atom is -0.505 e. The first-order chi connectivity index (χ1) is 7.46. The molecule has 0 unspecified atom stereocenters. The molecule has 1 rings (SSSR count). The predicted molar refractivity (Wildman–Crippen MR) is 59.2 cm³/mol. The summed E-state index contributed by atoms with van der Waals surface area (Å²) < 4.78 is 13.0. The number of hydrogen-bond donors (Lipinski definition) is 2. The summed E-state index contributed by atoms with van der Waals surface area (Å²) in [6, 6.07) is 6.55. The summed E-state index contributed by atoms with van der Waals surface area (Å²) in [4.78, 5) is 0. The highest BCUT2D eigenvalue weighted by Crippen LogP contribution is 2.20. The first kappa shape index (κ1) is 12.5. The van der Waals surface area contributed by atoms with E-state index in [-0.39, 0.29) is 5.75 Å². The fourth-order valence-corrected chi connectivity index (χ4v) is 1.25. The van der Waals surface area contributed by atoms with Crippen molar-refractivity contribution in [3.8, 4) is 11.8 Å². The van der Waals surface area contributed by atoms with Gasteiger partial charge in [0, 0.05) is 18.7 Å². The molecule has 4 heteroatoms. The Bertz CT molecular complexity index is 410. The van der Waals surface area contributed by atoms with Crippen LogP contribution in [-0.4, -0.2) is 11.7 Å². The van der Waals surface area contributed by atoms with E-state index in [1.807, 2.05) is 13.8 Å². The van der Waals surface area contributed by atoms with Crippen LogP contribution in [0.2, 0.25) is 0 Å². The standard InChI is InChI=1S/C12H15FN2O/c1-12(2,7-14)8-15-6-9-4-3-5-10(13)11(9)16/h3-5,15-16H,6,8H2,1-2H3. The monoisotopic (exact) mass is 222 g/mol. The molecule has 0 radical (unpaired) electrons. The highest BCUT2D eigenvalue weighted by atomic mass is 19.1. The lowest BCUT2D eigenvalue weighted by molar-refractivity contribution is 0.412. The third-order valence-corrected chi connectivity index (χ3v) is 2.26. The van der Waals surface area contributed by atoms with Gasteiger partial charge in [-0.05, 0) is 19.9 Å². The zero-order valence-corrected chi connectivity index (χ0v) is 9.42. The molecular weight excluding hydrogens is 207 g/mol. The number of phenols is 1. The van der Waals surface area contributed by atoms with Gasteiger partial charge in [-0.3, -0.25) is 0 Å². The number of benzene rings is 1. The van der Waals surface area contributed by atoms with Crippen molar-refractivity contribution in [3.05, 3.63) is 29.6 Å². The lowest BCUT2D eigenvalue weighted by Gasteiger charge is -2.16. The smallest absolute Gasteiger partial charge is 0.165 e. The van der Waals surface area contributed by atoms with Gasteiger partial charge in [0.05, 0.1) is 11.5 Å². The van der Waals surface area contributed by atoms with Crippen molar-refractivity contribution in [2.45, 2.75) is 20.4 Å². The molecule has 0 aliphatic rings. The Labute approximate surface area is 94.5 Å². The van der Waals surface area contributed by atoms with Gasteiger partial charge < -0.3 is 10.4 Å². The van der Waals surface area contributed by atoms with E-state index >= 15 is 0 Å². The largest absolute Gasteiger partial charge is 0.505 e. The molecule has 0 atom stereocenters. The summed E-state index contributed by atoms with van der Waals surface area (Å²) in [5.74, 6) is -0.955. The molecular formula is C12H15FN2O. The number of rotatable bonds is 4. The van der Waals surface area contributed by atoms with E-state index in [1.165, 1.54) is 6.07 Å². The van der Waals surface area contributed by atoms with Gasteiger partial charge in [0.1, 0.15) is 0 Å². The summed E-state index contributed by atoms with van der Waals surface area (Å²) in [5.41, 5.74) is 0.0249. The van der Waals surface area contributed by atoms with E-state index in [9.17, 15) is 9.50 Å². The van der Waals surface area contributed by atoms with Crippen LogP contribution in [-0.2, 0) is 6.54 Å². The zero-order chi connectivity index (χ0) is 12.2. The molecule has 2 N–H and O–H groups in total. The van der Waals surface area contributed by atoms with E-state index in [2.05, 4.69) is 11.4 Å². The van der Waals surface area contributed by atoms with Crippen molar-refractivity contribution in [3.63, 3.8) is 0 Å². The number of hydrogen-bond acceptors (Lipinski definition) is 3. The summed E-state index contributed by atoms with van der Waals surface area (Å²) in [7, 11) is 0. The van der Waals surface area contributed by atoms with Crippen LogP contribution in [0.25, 0.3) is 0 Å². The van der Waals surface area contributed by atoms with Crippen LogP contribution in [0.3, 0.4) is 0 Å². The van der Waals surface area contributed by atoms with Crippen molar-refractivity contribution < 1.29 is 9.50 Å². The first-order valence-corrected chi connectivity index (χ1v) is 5.04. The summed E-state index contributed by atoms with van der Waals surface area (Å²) in [5, 5.41) is 21.2. The maximum atomic E-state index is 13.0. The van der Waals surface area contributed by atoms with E-state index in [4.69, 9.17) is 5.26 Å². The quantitative estimate of drug-likeness (QED) is 0.820. The van der Waals surface area contributed by atoms with Crippen molar-refractivity contribution in [2.75, 3.05) is 6.54 Å². The zero-order valence-electron chi connectivity index (χ0n) is 9.42. The van der Waals surface area contributed by atoms with Crippen LogP contribution >= 0.6 is 0 Å². The number of nitrogens with one attached hydrogen (secondary N) is 1. The van der Waals surface area contributed by atoms with Gasteiger partial charge in [-0.25, -0.2) is 4.39 Å². The number of para-hydroxylation sites is 1. The van der Waals surface area contributed by atoms with E-state index < -0.39 is 11.2 Å². The number of nitrogens with zero attached hydrogens (tertiary/aromatic N) is 1. The average molecular weight is 222 g/mol. The normalized spacial score (nSPS) is 11.1. The minimum atomic E-state index is -0.626. The molecule has 1 aromatic rings. The Hall–Kier alpha value is -1.60. The molecule has 0 amide bonds. The SMILES string of the molecule is CC(C)(C#N)CNCc1cccc(F)c1O. The van der Waals surface area contributed by atoms with Crippen molar-refractivity contribution in [2.24, 2.45) is 5.41 Å². The Kier molecular flexibility index (Phi) is 3.86. The molecule has 16 heavy (non-hydrogen) atoms. The van der Waals surface area contributed by atoms with Crippen molar-refractivity contribution >= 4 is 0 Å². The molecule has 0 aromatic heterocycles. The van der Waals surface area contributed by atoms with Gasteiger partial charge in [0.25, 0.3) is 0 Å². The van der Waals surface area contributed by atoms with E-state index in [0.717, 1.165) is 0 Å². The number of aromatic hydroxyl groups is 1. The molecule has 0 saturated heterocycles. The molecule has 0 aliphatic heterocycles. The second-order valence-corrected chi connectivity index (χ2v) is 4.35. The van der Waals surface area contributed by atoms with Gasteiger partial charge in [-0.15, -0.1) is 0 Å². The molecule has 0 aliphatic carbocycles. The third kappa shape index (κ3) is 3.21. The second-order valence-electron chi connectivity index (χ2n) is 4.35. The van der Waals surface area contributed by atoms with Gasteiger partial charge in [0.2, 0.25) is 0 Å². The fourth-order valence-electron chi connectivity index (χ4n) is 1.25. The first-order valence-electron chi connectivity index (χ1n) is 5.04. The maximum Gasteiger partial charge on any atom is 0.165 e. The van der Waals surface area contributed by atoms with Crippen molar-refractivity contribution in [1.82, 2.24) is 5.32 Å². The van der Waals surface area contributed by atoms with Gasteiger partial charge in [-0.2, -0.15) is 5.26 Å². The Morgan fingerprint density at radius 2 is 2.19 bits per heavy atom. The van der Waals surface area contributed by atoms with Crippen LogP contribution in [0.4, 0.5) is 4.39 Å². The molecule has 0 heterocycles. The van der Waals surface area contributed by atoms with Gasteiger partial charge >= 0.3 is 0 Å². The van der Waals surface area contributed by atoms with Crippen molar-refractivity contribution in [1.29, 1.82) is 5.26 Å². The third-order valence-electron chi connectivity index (χ3n) is 2.26. The number of phenolic OH excluding ortho intramolecular Hbond substituents is 1. The predicted octanol–water partition coefficient (Wildman–Crippen LogP) is 2.17. The molecule has 0 bridgehead atoms. The summed E-state index contributed by atoms with van der Waals surface area (Å²) >= 11 is 0. The second kappa shape index (κ2) is 4.95. The van der Waals surface area contributed by atoms with Crippen LogP contribution in [0.15, 0.2) is 18.2 Å². The number of nitriles is 1. The molecule has 0 fully saturated rings. The topological polar surface area (TPSA) is 56.0 Å².